The fourth-order valence-corrected chi connectivity index (χ4v) is 5.20. The molecule has 0 radical (unpaired) electrons. The maximum absolute atomic E-state index is 13.6. The fourth-order valence-electron chi connectivity index (χ4n) is 4.42. The number of aromatic nitrogens is 4. The van der Waals surface area contributed by atoms with Crippen molar-refractivity contribution < 1.29 is 14.3 Å². The maximum atomic E-state index is 13.6. The summed E-state index contributed by atoms with van der Waals surface area (Å²) in [4.78, 5) is 15.5. The van der Waals surface area contributed by atoms with Gasteiger partial charge in [-0.25, -0.2) is 0 Å². The number of amides is 1. The van der Waals surface area contributed by atoms with Gasteiger partial charge in [0.25, 0.3) is 0 Å². The van der Waals surface area contributed by atoms with Gasteiger partial charge in [0.15, 0.2) is 11.5 Å². The Labute approximate surface area is 207 Å². The average molecular weight is 488 g/mol. The summed E-state index contributed by atoms with van der Waals surface area (Å²) in [5, 5.41) is 12.6. The predicted octanol–water partition coefficient (Wildman–Crippen LogP) is 3.95. The third-order valence-electron chi connectivity index (χ3n) is 6.08. The van der Waals surface area contributed by atoms with Gasteiger partial charge in [-0.05, 0) is 57.8 Å². The van der Waals surface area contributed by atoms with Crippen LogP contribution in [0.15, 0.2) is 78.0 Å². The smallest absolute Gasteiger partial charge is 0.233 e. The van der Waals surface area contributed by atoms with Gasteiger partial charge in [-0.1, -0.05) is 60.3 Å². The molecule has 3 aromatic carbocycles. The number of benzene rings is 3. The molecule has 1 amide bonds. The normalized spacial score (nSPS) is 14.9. The number of rotatable bonds is 7. The summed E-state index contributed by atoms with van der Waals surface area (Å²) in [5.74, 6) is 1.59. The van der Waals surface area contributed by atoms with E-state index in [2.05, 4.69) is 27.7 Å². The van der Waals surface area contributed by atoms with Crippen molar-refractivity contribution in [1.29, 1.82) is 0 Å². The number of nitrogens with zero attached hydrogens (tertiary/aromatic N) is 5. The second-order valence-corrected chi connectivity index (χ2v) is 9.00. The molecule has 178 valence electrons. The van der Waals surface area contributed by atoms with Gasteiger partial charge < -0.3 is 14.4 Å². The van der Waals surface area contributed by atoms with Gasteiger partial charge in [0.1, 0.15) is 0 Å². The Balaban J connectivity index is 1.43. The minimum Gasteiger partial charge on any atom is -0.493 e. The molecule has 0 N–H and O–H groups in total. The highest BCUT2D eigenvalue weighted by Gasteiger charge is 2.33. The minimum absolute atomic E-state index is 0.0203. The summed E-state index contributed by atoms with van der Waals surface area (Å²) < 4.78 is 12.7. The number of hydrogen-bond acceptors (Lipinski definition) is 7. The topological polar surface area (TPSA) is 82.4 Å². The Hall–Kier alpha value is -3.85. The van der Waals surface area contributed by atoms with Crippen LogP contribution in [0, 0.1) is 0 Å². The molecule has 0 saturated carbocycles. The number of para-hydroxylation sites is 1. The Kier molecular flexibility index (Phi) is 6.67. The van der Waals surface area contributed by atoms with Crippen LogP contribution in [0.3, 0.4) is 0 Å². The number of thioether (sulfide) groups is 1. The highest BCUT2D eigenvalue weighted by Crippen LogP contribution is 2.41. The summed E-state index contributed by atoms with van der Waals surface area (Å²) in [6.45, 7) is 0.602. The van der Waals surface area contributed by atoms with Crippen LogP contribution in [0.25, 0.3) is 5.69 Å². The molecule has 1 aliphatic heterocycles. The lowest BCUT2D eigenvalue weighted by atomic mass is 9.87. The standard InChI is InChI=1S/C26H25N5O3S/c1-33-22-15-19-13-14-30(25(18-9-5-3-6-10-18)21(19)16-23(22)34-2)24(32)17-35-26-27-28-29-31(26)20-11-7-4-8-12-20/h3-12,15-16,25H,13-14,17H2,1-2H3. The van der Waals surface area contributed by atoms with Crippen molar-refractivity contribution in [3.63, 3.8) is 0 Å². The molecule has 4 aromatic rings. The lowest BCUT2D eigenvalue weighted by Gasteiger charge is -2.38. The number of fused-ring (bicyclic) bond motifs is 1. The molecule has 2 heterocycles. The van der Waals surface area contributed by atoms with Gasteiger partial charge in [0, 0.05) is 6.54 Å². The highest BCUT2D eigenvalue weighted by molar-refractivity contribution is 7.99. The van der Waals surface area contributed by atoms with E-state index in [0.717, 1.165) is 28.8 Å². The molecule has 1 aliphatic rings. The first-order valence-corrected chi connectivity index (χ1v) is 12.2. The molecular weight excluding hydrogens is 462 g/mol. The Morgan fingerprint density at radius 3 is 2.40 bits per heavy atom. The molecule has 0 spiro atoms. The molecule has 0 bridgehead atoms. The third-order valence-corrected chi connectivity index (χ3v) is 6.98. The van der Waals surface area contributed by atoms with Crippen molar-refractivity contribution in [3.8, 4) is 17.2 Å². The number of carbonyl (C=O) groups excluding carboxylic acids is 1. The van der Waals surface area contributed by atoms with E-state index in [4.69, 9.17) is 9.47 Å². The molecule has 1 atom stereocenters. The first kappa shape index (κ1) is 22.9. The van der Waals surface area contributed by atoms with Crippen LogP contribution in [0.5, 0.6) is 11.5 Å². The molecule has 5 rings (SSSR count). The average Bonchev–Trinajstić information content (AvgIpc) is 3.40. The zero-order valence-corrected chi connectivity index (χ0v) is 20.3. The molecule has 0 saturated heterocycles. The largest absolute Gasteiger partial charge is 0.493 e. The van der Waals surface area contributed by atoms with Crippen molar-refractivity contribution in [2.75, 3.05) is 26.5 Å². The quantitative estimate of drug-likeness (QED) is 0.365. The van der Waals surface area contributed by atoms with E-state index in [0.29, 0.717) is 23.2 Å². The first-order chi connectivity index (χ1) is 17.2. The summed E-state index contributed by atoms with van der Waals surface area (Å²) in [6.07, 6.45) is 0.733. The summed E-state index contributed by atoms with van der Waals surface area (Å²) in [7, 11) is 3.26. The lowest BCUT2D eigenvalue weighted by molar-refractivity contribution is -0.130. The zero-order valence-electron chi connectivity index (χ0n) is 19.5. The predicted molar refractivity (Wildman–Crippen MR) is 133 cm³/mol. The molecule has 1 aromatic heterocycles. The van der Waals surface area contributed by atoms with Gasteiger partial charge in [-0.15, -0.1) is 5.10 Å². The van der Waals surface area contributed by atoms with E-state index in [1.54, 1.807) is 18.9 Å². The Morgan fingerprint density at radius 1 is 1.00 bits per heavy atom. The van der Waals surface area contributed by atoms with Crippen LogP contribution >= 0.6 is 11.8 Å². The van der Waals surface area contributed by atoms with Crippen LogP contribution in [-0.2, 0) is 11.2 Å². The van der Waals surface area contributed by atoms with E-state index in [-0.39, 0.29) is 17.7 Å². The number of hydrogen-bond donors (Lipinski definition) is 0. The van der Waals surface area contributed by atoms with Gasteiger partial charge in [-0.3, -0.25) is 4.79 Å². The van der Waals surface area contributed by atoms with Gasteiger partial charge in [0.05, 0.1) is 31.7 Å². The molecule has 0 fully saturated rings. The molecule has 35 heavy (non-hydrogen) atoms. The van der Waals surface area contributed by atoms with Gasteiger partial charge in [0.2, 0.25) is 11.1 Å². The number of tetrazole rings is 1. The van der Waals surface area contributed by atoms with Crippen molar-refractivity contribution in [3.05, 3.63) is 89.5 Å². The van der Waals surface area contributed by atoms with E-state index in [9.17, 15) is 4.79 Å². The molecule has 1 unspecified atom stereocenters. The maximum Gasteiger partial charge on any atom is 0.233 e. The van der Waals surface area contributed by atoms with E-state index >= 15 is 0 Å². The molecular formula is C26H25N5O3S. The zero-order chi connectivity index (χ0) is 24.2. The van der Waals surface area contributed by atoms with Crippen LogP contribution in [0.1, 0.15) is 22.7 Å². The monoisotopic (exact) mass is 487 g/mol. The van der Waals surface area contributed by atoms with Gasteiger partial charge in [-0.2, -0.15) is 4.68 Å². The lowest BCUT2D eigenvalue weighted by Crippen LogP contribution is -2.41. The van der Waals surface area contributed by atoms with Crippen molar-refractivity contribution >= 4 is 17.7 Å². The SMILES string of the molecule is COc1cc2c(cc1OC)C(c1ccccc1)N(C(=O)CSc1nnnn1-c1ccccc1)CC2. The summed E-state index contributed by atoms with van der Waals surface area (Å²) >= 11 is 1.33. The Morgan fingerprint density at radius 2 is 1.69 bits per heavy atom. The van der Waals surface area contributed by atoms with E-state index in [1.807, 2.05) is 65.6 Å². The third kappa shape index (κ3) is 4.59. The van der Waals surface area contributed by atoms with Crippen molar-refractivity contribution in [2.45, 2.75) is 17.6 Å². The Bertz CT molecular complexity index is 1310. The molecule has 0 aliphatic carbocycles. The van der Waals surface area contributed by atoms with Crippen LogP contribution < -0.4 is 9.47 Å². The first-order valence-electron chi connectivity index (χ1n) is 11.3. The highest BCUT2D eigenvalue weighted by atomic mass is 32.2. The van der Waals surface area contributed by atoms with Crippen LogP contribution in [0.2, 0.25) is 0 Å². The van der Waals surface area contributed by atoms with Crippen LogP contribution in [-0.4, -0.2) is 57.5 Å². The number of carbonyl (C=O) groups is 1. The number of ether oxygens (including phenoxy) is 2. The van der Waals surface area contributed by atoms with Gasteiger partial charge >= 0.3 is 0 Å². The van der Waals surface area contributed by atoms with Crippen molar-refractivity contribution in [1.82, 2.24) is 25.1 Å². The summed E-state index contributed by atoms with van der Waals surface area (Å²) in [5.41, 5.74) is 4.10. The van der Waals surface area contributed by atoms with E-state index < -0.39 is 0 Å². The van der Waals surface area contributed by atoms with Crippen molar-refractivity contribution in [2.24, 2.45) is 0 Å². The second kappa shape index (κ2) is 10.2. The summed E-state index contributed by atoms with van der Waals surface area (Å²) in [6, 6.07) is 23.5. The molecule has 8 nitrogen and oxygen atoms in total. The number of methoxy groups -OCH3 is 2. The molecule has 9 heteroatoms. The van der Waals surface area contributed by atoms with Crippen LogP contribution in [0.4, 0.5) is 0 Å². The minimum atomic E-state index is -0.224. The second-order valence-electron chi connectivity index (χ2n) is 8.05. The fraction of sp³-hybridized carbons (Fsp3) is 0.231. The van der Waals surface area contributed by atoms with E-state index in [1.165, 1.54) is 11.8 Å².